The smallest absolute Gasteiger partial charge is 0.292 e. The van der Waals surface area contributed by atoms with Crippen molar-refractivity contribution < 1.29 is 28.4 Å². The Labute approximate surface area is 163 Å². The Morgan fingerprint density at radius 1 is 1.07 bits per heavy atom. The Morgan fingerprint density at radius 3 is 2.36 bits per heavy atom. The van der Waals surface area contributed by atoms with E-state index in [2.05, 4.69) is 0 Å². The number of hydrogen-bond acceptors (Lipinski definition) is 4. The second-order valence-corrected chi connectivity index (χ2v) is 7.67. The fourth-order valence-corrected chi connectivity index (χ4v) is 4.44. The summed E-state index contributed by atoms with van der Waals surface area (Å²) in [4.78, 5) is 42.1. The number of carbonyl (C=O) groups is 3. The lowest BCUT2D eigenvalue weighted by Gasteiger charge is -2.35. The van der Waals surface area contributed by atoms with Crippen LogP contribution in [0, 0.1) is 11.7 Å². The predicted molar refractivity (Wildman–Crippen MR) is 98.1 cm³/mol. The summed E-state index contributed by atoms with van der Waals surface area (Å²) in [6, 6.07) is 4.99. The summed E-state index contributed by atoms with van der Waals surface area (Å²) < 4.78 is 18.4. The number of morpholine rings is 1. The lowest BCUT2D eigenvalue weighted by molar-refractivity contribution is -0.920. The van der Waals surface area contributed by atoms with Crippen LogP contribution in [0.3, 0.4) is 0 Å². The molecule has 3 amide bonds. The molecule has 0 spiro atoms. The van der Waals surface area contributed by atoms with Crippen LogP contribution in [0.15, 0.2) is 24.3 Å². The van der Waals surface area contributed by atoms with Gasteiger partial charge in [0.15, 0.2) is 6.04 Å². The van der Waals surface area contributed by atoms with Crippen molar-refractivity contribution in [2.75, 3.05) is 44.3 Å². The maximum Gasteiger partial charge on any atom is 0.292 e. The molecule has 0 aliphatic carbocycles. The van der Waals surface area contributed by atoms with Crippen molar-refractivity contribution >= 4 is 23.4 Å². The quantitative estimate of drug-likeness (QED) is 0.714. The van der Waals surface area contributed by atoms with Gasteiger partial charge in [0, 0.05) is 31.8 Å². The molecule has 0 aromatic heterocycles. The van der Waals surface area contributed by atoms with E-state index in [9.17, 15) is 18.8 Å². The van der Waals surface area contributed by atoms with E-state index in [1.54, 1.807) is 0 Å². The van der Waals surface area contributed by atoms with E-state index in [4.69, 9.17) is 4.74 Å². The van der Waals surface area contributed by atoms with Crippen LogP contribution in [0.4, 0.5) is 10.1 Å². The Kier molecular flexibility index (Phi) is 5.41. The second-order valence-electron chi connectivity index (χ2n) is 7.67. The molecule has 3 aliphatic heterocycles. The number of amides is 3. The van der Waals surface area contributed by atoms with Crippen LogP contribution in [-0.4, -0.2) is 68.1 Å². The first-order chi connectivity index (χ1) is 13.5. The Balaban J connectivity index is 1.37. The average Bonchev–Trinajstić information content (AvgIpc) is 3.03. The largest absolute Gasteiger partial charge is 0.378 e. The zero-order valence-corrected chi connectivity index (χ0v) is 15.7. The number of anilines is 1. The molecule has 3 fully saturated rings. The molecular formula is C20H25FN3O4+. The molecule has 1 atom stereocenters. The number of likely N-dealkylation sites (tertiary alicyclic amines) is 1. The molecule has 1 aromatic carbocycles. The zero-order chi connectivity index (χ0) is 19.7. The van der Waals surface area contributed by atoms with Crippen LogP contribution in [0.5, 0.6) is 0 Å². The van der Waals surface area contributed by atoms with Crippen LogP contribution in [0.1, 0.15) is 19.3 Å². The van der Waals surface area contributed by atoms with Gasteiger partial charge in [-0.3, -0.25) is 14.4 Å². The number of piperidine rings is 1. The lowest BCUT2D eigenvalue weighted by Crippen LogP contribution is -3.17. The number of hydrogen-bond donors (Lipinski definition) is 1. The summed E-state index contributed by atoms with van der Waals surface area (Å²) in [5.41, 5.74) is 0.413. The number of nitrogens with one attached hydrogen (secondary N) is 1. The summed E-state index contributed by atoms with van der Waals surface area (Å²) in [5.74, 6) is -0.714. The third kappa shape index (κ3) is 3.66. The van der Waals surface area contributed by atoms with Gasteiger partial charge in [-0.25, -0.2) is 9.29 Å². The van der Waals surface area contributed by atoms with Gasteiger partial charge >= 0.3 is 0 Å². The van der Waals surface area contributed by atoms with Crippen molar-refractivity contribution in [2.45, 2.75) is 25.3 Å². The number of rotatable bonds is 3. The normalized spacial score (nSPS) is 28.7. The highest BCUT2D eigenvalue weighted by atomic mass is 19.1. The molecule has 0 unspecified atom stereocenters. The molecule has 3 aliphatic rings. The Morgan fingerprint density at radius 2 is 1.71 bits per heavy atom. The van der Waals surface area contributed by atoms with Gasteiger partial charge in [0.25, 0.3) is 5.91 Å². The minimum atomic E-state index is -0.419. The van der Waals surface area contributed by atoms with Gasteiger partial charge in [-0.2, -0.15) is 0 Å². The van der Waals surface area contributed by atoms with E-state index in [0.717, 1.165) is 17.7 Å². The molecular weight excluding hydrogens is 365 g/mol. The van der Waals surface area contributed by atoms with Gasteiger partial charge in [0.05, 0.1) is 38.4 Å². The SMILES string of the molecule is O=C(C1CC[NH+]([C@@H]2CC(=O)N(c3ccc(F)cc3)C2=O)CC1)N1CCOCC1. The van der Waals surface area contributed by atoms with Crippen molar-refractivity contribution in [3.63, 3.8) is 0 Å². The molecule has 0 saturated carbocycles. The van der Waals surface area contributed by atoms with Gasteiger partial charge in [0.1, 0.15) is 5.82 Å². The topological polar surface area (TPSA) is 71.4 Å². The van der Waals surface area contributed by atoms with E-state index in [1.807, 2.05) is 4.90 Å². The molecule has 7 nitrogen and oxygen atoms in total. The number of quaternary nitrogens is 1. The molecule has 150 valence electrons. The van der Waals surface area contributed by atoms with Gasteiger partial charge < -0.3 is 14.5 Å². The van der Waals surface area contributed by atoms with Gasteiger partial charge in [-0.05, 0) is 24.3 Å². The maximum atomic E-state index is 13.1. The number of ether oxygens (including phenoxy) is 1. The highest BCUT2D eigenvalue weighted by Gasteiger charge is 2.47. The predicted octanol–water partition coefficient (Wildman–Crippen LogP) is -0.389. The van der Waals surface area contributed by atoms with E-state index < -0.39 is 11.9 Å². The summed E-state index contributed by atoms with van der Waals surface area (Å²) in [6.45, 7) is 3.87. The van der Waals surface area contributed by atoms with Crippen LogP contribution < -0.4 is 9.80 Å². The Hall–Kier alpha value is -2.32. The second kappa shape index (κ2) is 7.97. The summed E-state index contributed by atoms with van der Waals surface area (Å²) in [6.07, 6.45) is 1.60. The van der Waals surface area contributed by atoms with E-state index >= 15 is 0 Å². The first-order valence-corrected chi connectivity index (χ1v) is 9.88. The van der Waals surface area contributed by atoms with Crippen molar-refractivity contribution in [2.24, 2.45) is 5.92 Å². The van der Waals surface area contributed by atoms with Crippen LogP contribution in [0.2, 0.25) is 0 Å². The molecule has 3 heterocycles. The standard InChI is InChI=1S/C20H24FN3O4/c21-15-1-3-16(4-2-15)24-18(25)13-17(20(24)27)22-7-5-14(6-8-22)19(26)23-9-11-28-12-10-23/h1-4,14,17H,5-13H2/p+1/t17-/m1/s1. The zero-order valence-electron chi connectivity index (χ0n) is 15.7. The van der Waals surface area contributed by atoms with Crippen LogP contribution >= 0.6 is 0 Å². The van der Waals surface area contributed by atoms with Crippen LogP contribution in [0.25, 0.3) is 0 Å². The van der Waals surface area contributed by atoms with Gasteiger partial charge in [0.2, 0.25) is 11.8 Å². The van der Waals surface area contributed by atoms with Crippen molar-refractivity contribution in [3.05, 3.63) is 30.1 Å². The first kappa shape index (κ1) is 19.0. The summed E-state index contributed by atoms with van der Waals surface area (Å²) in [7, 11) is 0. The number of carbonyl (C=O) groups excluding carboxylic acids is 3. The third-order valence-electron chi connectivity index (χ3n) is 6.02. The average molecular weight is 390 g/mol. The maximum absolute atomic E-state index is 13.1. The van der Waals surface area contributed by atoms with Crippen molar-refractivity contribution in [3.8, 4) is 0 Å². The fraction of sp³-hybridized carbons (Fsp3) is 0.550. The molecule has 0 radical (unpaired) electrons. The molecule has 0 bridgehead atoms. The van der Waals surface area contributed by atoms with E-state index in [1.165, 1.54) is 29.2 Å². The van der Waals surface area contributed by atoms with Gasteiger partial charge in [-0.15, -0.1) is 0 Å². The number of benzene rings is 1. The van der Waals surface area contributed by atoms with Crippen molar-refractivity contribution in [1.29, 1.82) is 0 Å². The number of halogens is 1. The minimum Gasteiger partial charge on any atom is -0.378 e. The molecule has 28 heavy (non-hydrogen) atoms. The minimum absolute atomic E-state index is 0.0118. The monoisotopic (exact) mass is 390 g/mol. The lowest BCUT2D eigenvalue weighted by atomic mass is 9.94. The molecule has 1 N–H and O–H groups in total. The van der Waals surface area contributed by atoms with Gasteiger partial charge in [-0.1, -0.05) is 0 Å². The molecule has 8 heteroatoms. The van der Waals surface area contributed by atoms with E-state index in [-0.39, 0.29) is 30.1 Å². The molecule has 3 saturated heterocycles. The van der Waals surface area contributed by atoms with Crippen LogP contribution in [-0.2, 0) is 19.1 Å². The Bertz CT molecular complexity index is 755. The third-order valence-corrected chi connectivity index (χ3v) is 6.02. The van der Waals surface area contributed by atoms with E-state index in [0.29, 0.717) is 45.1 Å². The highest BCUT2D eigenvalue weighted by Crippen LogP contribution is 2.23. The number of nitrogens with zero attached hydrogens (tertiary/aromatic N) is 2. The summed E-state index contributed by atoms with van der Waals surface area (Å²) in [5, 5.41) is 0. The van der Waals surface area contributed by atoms with Crippen molar-refractivity contribution in [1.82, 2.24) is 4.90 Å². The first-order valence-electron chi connectivity index (χ1n) is 9.88. The summed E-state index contributed by atoms with van der Waals surface area (Å²) >= 11 is 0. The highest BCUT2D eigenvalue weighted by molar-refractivity contribution is 6.21. The molecule has 4 rings (SSSR count). The molecule has 1 aromatic rings. The fourth-order valence-electron chi connectivity index (χ4n) is 4.44. The number of imide groups is 1.